The van der Waals surface area contributed by atoms with Gasteiger partial charge in [0.1, 0.15) is 24.5 Å². The van der Waals surface area contributed by atoms with Gasteiger partial charge in [0, 0.05) is 28.6 Å². The van der Waals surface area contributed by atoms with Crippen molar-refractivity contribution in [1.29, 1.82) is 0 Å². The Morgan fingerprint density at radius 3 is 2.73 bits per heavy atom. The highest BCUT2D eigenvalue weighted by Crippen LogP contribution is 2.32. The van der Waals surface area contributed by atoms with E-state index in [4.69, 9.17) is 23.4 Å². The second-order valence-electron chi connectivity index (χ2n) is 6.36. The van der Waals surface area contributed by atoms with Gasteiger partial charge < -0.3 is 28.7 Å². The SMILES string of the molecule is COc1ccc2c(COC(=O)CNC(=O)c3ccc4c(c3)OCO4)cc(=O)oc2c1. The average Bonchev–Trinajstić information content (AvgIpc) is 3.23. The third-order valence-corrected chi connectivity index (χ3v) is 4.45. The molecule has 1 aliphatic rings. The molecule has 2 heterocycles. The minimum Gasteiger partial charge on any atom is -0.497 e. The molecule has 0 atom stereocenters. The Morgan fingerprint density at radius 1 is 1.07 bits per heavy atom. The van der Waals surface area contributed by atoms with Crippen LogP contribution in [0.2, 0.25) is 0 Å². The molecule has 0 aliphatic carbocycles. The zero-order valence-corrected chi connectivity index (χ0v) is 15.9. The van der Waals surface area contributed by atoms with Gasteiger partial charge in [-0.25, -0.2) is 4.79 Å². The van der Waals surface area contributed by atoms with E-state index >= 15 is 0 Å². The van der Waals surface area contributed by atoms with Crippen molar-refractivity contribution in [2.75, 3.05) is 20.4 Å². The number of nitrogens with one attached hydrogen (secondary N) is 1. The number of amides is 1. The highest BCUT2D eigenvalue weighted by Gasteiger charge is 2.17. The molecule has 1 aliphatic heterocycles. The molecule has 0 radical (unpaired) electrons. The van der Waals surface area contributed by atoms with E-state index in [-0.39, 0.29) is 19.9 Å². The Morgan fingerprint density at radius 2 is 1.90 bits per heavy atom. The number of ether oxygens (including phenoxy) is 4. The lowest BCUT2D eigenvalue weighted by molar-refractivity contribution is -0.143. The predicted molar refractivity (Wildman–Crippen MR) is 104 cm³/mol. The van der Waals surface area contributed by atoms with Crippen LogP contribution in [0.3, 0.4) is 0 Å². The lowest BCUT2D eigenvalue weighted by Crippen LogP contribution is -2.30. The van der Waals surface area contributed by atoms with Crippen LogP contribution in [0.5, 0.6) is 17.2 Å². The van der Waals surface area contributed by atoms with Gasteiger partial charge in [-0.2, -0.15) is 0 Å². The van der Waals surface area contributed by atoms with Crippen molar-refractivity contribution in [2.24, 2.45) is 0 Å². The van der Waals surface area contributed by atoms with Crippen LogP contribution in [0.1, 0.15) is 15.9 Å². The van der Waals surface area contributed by atoms with Gasteiger partial charge in [0.2, 0.25) is 6.79 Å². The third kappa shape index (κ3) is 4.04. The number of esters is 1. The molecule has 0 saturated carbocycles. The van der Waals surface area contributed by atoms with E-state index in [9.17, 15) is 14.4 Å². The van der Waals surface area contributed by atoms with Crippen LogP contribution < -0.4 is 25.2 Å². The molecular formula is C21H17NO8. The van der Waals surface area contributed by atoms with E-state index < -0.39 is 17.5 Å². The molecule has 9 heteroatoms. The number of hydrogen-bond donors (Lipinski definition) is 1. The molecule has 0 bridgehead atoms. The molecule has 1 aromatic heterocycles. The number of carbonyl (C=O) groups excluding carboxylic acids is 2. The number of carbonyl (C=O) groups is 2. The predicted octanol–water partition coefficient (Wildman–Crippen LogP) is 2.00. The standard InChI is InChI=1S/C21H17NO8/c1-26-14-3-4-15-13(7-19(23)30-17(15)8-14)10-27-20(24)9-22-21(25)12-2-5-16-18(6-12)29-11-28-16/h2-8H,9-11H2,1H3,(H,22,25). The fourth-order valence-electron chi connectivity index (χ4n) is 2.96. The summed E-state index contributed by atoms with van der Waals surface area (Å²) in [6.45, 7) is -0.375. The summed E-state index contributed by atoms with van der Waals surface area (Å²) in [6.07, 6.45) is 0. The lowest BCUT2D eigenvalue weighted by Gasteiger charge is -2.09. The van der Waals surface area contributed by atoms with E-state index in [1.54, 1.807) is 30.3 Å². The monoisotopic (exact) mass is 411 g/mol. The van der Waals surface area contributed by atoms with E-state index in [0.29, 0.717) is 39.3 Å². The zero-order chi connectivity index (χ0) is 21.1. The number of rotatable bonds is 6. The van der Waals surface area contributed by atoms with E-state index in [1.165, 1.54) is 19.2 Å². The smallest absolute Gasteiger partial charge is 0.336 e. The maximum atomic E-state index is 12.2. The van der Waals surface area contributed by atoms with Gasteiger partial charge in [0.15, 0.2) is 11.5 Å². The first-order valence-corrected chi connectivity index (χ1v) is 8.98. The van der Waals surface area contributed by atoms with Crippen molar-refractivity contribution in [2.45, 2.75) is 6.61 Å². The summed E-state index contributed by atoms with van der Waals surface area (Å²) in [5, 5.41) is 3.10. The molecule has 0 fully saturated rings. The third-order valence-electron chi connectivity index (χ3n) is 4.45. The quantitative estimate of drug-likeness (QED) is 0.484. The van der Waals surface area contributed by atoms with Crippen molar-refractivity contribution in [3.63, 3.8) is 0 Å². The van der Waals surface area contributed by atoms with E-state index in [2.05, 4.69) is 5.32 Å². The van der Waals surface area contributed by atoms with Crippen LogP contribution in [0, 0.1) is 0 Å². The Kier molecular flexibility index (Phi) is 5.25. The Balaban J connectivity index is 1.37. The molecule has 0 spiro atoms. The molecular weight excluding hydrogens is 394 g/mol. The molecule has 3 aromatic rings. The number of fused-ring (bicyclic) bond motifs is 2. The fraction of sp³-hybridized carbons (Fsp3) is 0.190. The highest BCUT2D eigenvalue weighted by molar-refractivity contribution is 5.96. The molecule has 154 valence electrons. The van der Waals surface area contributed by atoms with Crippen LogP contribution in [-0.4, -0.2) is 32.3 Å². The molecule has 0 unspecified atom stereocenters. The van der Waals surface area contributed by atoms with Gasteiger partial charge >= 0.3 is 11.6 Å². The first kappa shape index (κ1) is 19.3. The fourth-order valence-corrected chi connectivity index (χ4v) is 2.96. The van der Waals surface area contributed by atoms with Crippen LogP contribution in [0.4, 0.5) is 0 Å². The summed E-state index contributed by atoms with van der Waals surface area (Å²) in [4.78, 5) is 36.1. The van der Waals surface area contributed by atoms with Gasteiger partial charge in [-0.3, -0.25) is 9.59 Å². The van der Waals surface area contributed by atoms with Gasteiger partial charge in [-0.05, 0) is 30.3 Å². The first-order chi connectivity index (χ1) is 14.5. The summed E-state index contributed by atoms with van der Waals surface area (Å²) < 4.78 is 25.9. The summed E-state index contributed by atoms with van der Waals surface area (Å²) in [5.41, 5.74) is 0.564. The minimum atomic E-state index is -0.654. The van der Waals surface area contributed by atoms with Crippen LogP contribution in [-0.2, 0) is 16.1 Å². The summed E-state index contributed by atoms with van der Waals surface area (Å²) in [7, 11) is 1.50. The second-order valence-corrected chi connectivity index (χ2v) is 6.36. The summed E-state index contributed by atoms with van der Waals surface area (Å²) in [5.74, 6) is 0.452. The average molecular weight is 411 g/mol. The van der Waals surface area contributed by atoms with Crippen molar-refractivity contribution in [1.82, 2.24) is 5.32 Å². The van der Waals surface area contributed by atoms with Crippen molar-refractivity contribution >= 4 is 22.8 Å². The minimum absolute atomic E-state index is 0.103. The van der Waals surface area contributed by atoms with Crippen molar-refractivity contribution in [3.05, 3.63) is 64.0 Å². The second kappa shape index (κ2) is 8.16. The highest BCUT2D eigenvalue weighted by atomic mass is 16.7. The molecule has 0 saturated heterocycles. The topological polar surface area (TPSA) is 113 Å². The van der Waals surface area contributed by atoms with E-state index in [0.717, 1.165) is 0 Å². The number of methoxy groups -OCH3 is 1. The Bertz CT molecular complexity index is 1180. The van der Waals surface area contributed by atoms with Gasteiger partial charge in [-0.1, -0.05) is 0 Å². The van der Waals surface area contributed by atoms with Crippen molar-refractivity contribution in [3.8, 4) is 17.2 Å². The number of benzene rings is 2. The van der Waals surface area contributed by atoms with Gasteiger partial charge in [-0.15, -0.1) is 0 Å². The largest absolute Gasteiger partial charge is 0.497 e. The lowest BCUT2D eigenvalue weighted by atomic mass is 10.1. The maximum absolute atomic E-state index is 12.2. The van der Waals surface area contributed by atoms with Crippen LogP contribution >= 0.6 is 0 Å². The van der Waals surface area contributed by atoms with Gasteiger partial charge in [0.25, 0.3) is 5.91 Å². The number of hydrogen-bond acceptors (Lipinski definition) is 8. The normalized spacial score (nSPS) is 11.9. The molecule has 9 nitrogen and oxygen atoms in total. The maximum Gasteiger partial charge on any atom is 0.336 e. The van der Waals surface area contributed by atoms with Crippen LogP contribution in [0.25, 0.3) is 11.0 Å². The Labute approximate surface area is 170 Å². The van der Waals surface area contributed by atoms with Gasteiger partial charge in [0.05, 0.1) is 7.11 Å². The molecule has 1 amide bonds. The first-order valence-electron chi connectivity index (χ1n) is 8.98. The molecule has 1 N–H and O–H groups in total. The summed E-state index contributed by atoms with van der Waals surface area (Å²) >= 11 is 0. The van der Waals surface area contributed by atoms with Crippen LogP contribution in [0.15, 0.2) is 51.7 Å². The molecule has 2 aromatic carbocycles. The molecule has 30 heavy (non-hydrogen) atoms. The Hall–Kier alpha value is -4.01. The van der Waals surface area contributed by atoms with Crippen molar-refractivity contribution < 1.29 is 33.0 Å². The zero-order valence-electron chi connectivity index (χ0n) is 15.9. The molecule has 4 rings (SSSR count). The van der Waals surface area contributed by atoms with E-state index in [1.807, 2.05) is 0 Å². The summed E-state index contributed by atoms with van der Waals surface area (Å²) in [6, 6.07) is 11.0.